The van der Waals surface area contributed by atoms with Gasteiger partial charge in [0.25, 0.3) is 0 Å². The quantitative estimate of drug-likeness (QED) is 0.719. The molecule has 158 valence electrons. The summed E-state index contributed by atoms with van der Waals surface area (Å²) in [4.78, 5) is 11.6. The average Bonchev–Trinajstić information content (AvgIpc) is 3.22. The van der Waals surface area contributed by atoms with Crippen molar-refractivity contribution in [3.63, 3.8) is 0 Å². The van der Waals surface area contributed by atoms with E-state index in [-0.39, 0.29) is 24.9 Å². The lowest BCUT2D eigenvalue weighted by Crippen LogP contribution is -2.31. The van der Waals surface area contributed by atoms with Crippen LogP contribution in [0.2, 0.25) is 0 Å². The number of aromatic nitrogens is 2. The predicted molar refractivity (Wildman–Crippen MR) is 119 cm³/mol. The molecule has 2 aromatic rings. The van der Waals surface area contributed by atoms with Crippen LogP contribution in [0.3, 0.4) is 0 Å². The molecule has 1 fully saturated rings. The lowest BCUT2D eigenvalue weighted by molar-refractivity contribution is -0.119. The molecule has 1 saturated heterocycles. The van der Waals surface area contributed by atoms with E-state index < -0.39 is 0 Å². The molecule has 0 bridgehead atoms. The number of rotatable bonds is 6. The molecular weight excluding hydrogens is 364 g/mol. The van der Waals surface area contributed by atoms with Crippen LogP contribution < -0.4 is 15.4 Å². The van der Waals surface area contributed by atoms with Gasteiger partial charge >= 0.3 is 0 Å². The number of fused-ring (bicyclic) bond motifs is 1. The topological polar surface area (TPSA) is 67.7 Å². The van der Waals surface area contributed by atoms with Crippen molar-refractivity contribution in [2.45, 2.75) is 59.6 Å². The number of hydrogen-bond donors (Lipinski definition) is 2. The summed E-state index contributed by atoms with van der Waals surface area (Å²) in [6.07, 6.45) is 8.58. The average molecular weight is 399 g/mol. The zero-order valence-corrected chi connectivity index (χ0v) is 18.2. The number of amides is 1. The summed E-state index contributed by atoms with van der Waals surface area (Å²) in [5, 5.41) is 10.9. The van der Waals surface area contributed by atoms with Crippen molar-refractivity contribution in [2.24, 2.45) is 5.92 Å². The third-order valence-electron chi connectivity index (χ3n) is 4.98. The molecule has 1 amide bonds. The molecule has 29 heavy (non-hydrogen) atoms. The van der Waals surface area contributed by atoms with Gasteiger partial charge in [0.1, 0.15) is 17.4 Å². The lowest BCUT2D eigenvalue weighted by Gasteiger charge is -2.22. The summed E-state index contributed by atoms with van der Waals surface area (Å²) in [7, 11) is 0. The Hall–Kier alpha value is -2.76. The van der Waals surface area contributed by atoms with Gasteiger partial charge in [0.2, 0.25) is 5.91 Å². The third-order valence-corrected chi connectivity index (χ3v) is 4.98. The van der Waals surface area contributed by atoms with Crippen molar-refractivity contribution in [3.05, 3.63) is 47.9 Å². The van der Waals surface area contributed by atoms with E-state index in [9.17, 15) is 4.79 Å². The van der Waals surface area contributed by atoms with Crippen LogP contribution in [0.4, 0.5) is 0 Å². The van der Waals surface area contributed by atoms with E-state index in [1.54, 1.807) is 0 Å². The fourth-order valence-electron chi connectivity index (χ4n) is 3.39. The molecular formula is C23H34N4O2. The molecule has 2 N–H and O–H groups in total. The summed E-state index contributed by atoms with van der Waals surface area (Å²) in [5.74, 6) is 1.04. The second kappa shape index (κ2) is 8.31. The number of hydrogen-bond acceptors (Lipinski definition) is 4. The minimum atomic E-state index is -0.0787. The number of carbonyl (C=O) groups excluding carboxylic acids is 1. The van der Waals surface area contributed by atoms with Crippen LogP contribution >= 0.6 is 0 Å². The summed E-state index contributed by atoms with van der Waals surface area (Å²) in [6, 6.07) is 4.09. The first-order valence-electron chi connectivity index (χ1n) is 10.2. The van der Waals surface area contributed by atoms with Crippen molar-refractivity contribution < 1.29 is 11.0 Å². The van der Waals surface area contributed by atoms with Crippen LogP contribution in [-0.4, -0.2) is 33.7 Å². The highest BCUT2D eigenvalue weighted by atomic mass is 16.5. The van der Waals surface area contributed by atoms with Crippen LogP contribution in [0.1, 0.15) is 53.7 Å². The molecule has 1 aliphatic rings. The summed E-state index contributed by atoms with van der Waals surface area (Å²) >= 11 is 0. The Morgan fingerprint density at radius 1 is 1.45 bits per heavy atom. The highest BCUT2D eigenvalue weighted by Crippen LogP contribution is 2.29. The standard InChI is InChI=1S/C23H32N4O2.H2/c1-7-8-17(13-25-23(4,5)6)19-10-21(20-9-15(2)26-27(20)14-19)29-16(3)18-11-22(28)24-12-18;/h7-10,13-14,16,18,25H,11-12H2,1-6H3,(H,24,28);1H/b8-7-,17-13+;/t16-,18-;/m1./s1. The van der Waals surface area contributed by atoms with Crippen molar-refractivity contribution >= 4 is 17.0 Å². The van der Waals surface area contributed by atoms with Gasteiger partial charge in [-0.3, -0.25) is 4.79 Å². The van der Waals surface area contributed by atoms with Gasteiger partial charge < -0.3 is 15.4 Å². The molecule has 3 rings (SSSR count). The Morgan fingerprint density at radius 2 is 2.21 bits per heavy atom. The number of carbonyl (C=O) groups is 1. The van der Waals surface area contributed by atoms with E-state index in [1.807, 2.05) is 49.8 Å². The number of aryl methyl sites for hydroxylation is 1. The second-order valence-electron chi connectivity index (χ2n) is 8.79. The van der Waals surface area contributed by atoms with Crippen LogP contribution in [0.15, 0.2) is 36.7 Å². The van der Waals surface area contributed by atoms with E-state index in [4.69, 9.17) is 4.74 Å². The van der Waals surface area contributed by atoms with Gasteiger partial charge in [0.05, 0.1) is 5.69 Å². The first kappa shape index (κ1) is 21.0. The van der Waals surface area contributed by atoms with Gasteiger partial charge in [-0.1, -0.05) is 12.2 Å². The normalized spacial score (nSPS) is 19.0. The van der Waals surface area contributed by atoms with Crippen LogP contribution in [0.25, 0.3) is 11.1 Å². The molecule has 0 spiro atoms. The third kappa shape index (κ3) is 5.19. The molecule has 0 saturated carbocycles. The first-order valence-corrected chi connectivity index (χ1v) is 10.2. The summed E-state index contributed by atoms with van der Waals surface area (Å²) in [5.41, 5.74) is 3.89. The van der Waals surface area contributed by atoms with Crippen LogP contribution in [0, 0.1) is 12.8 Å². The van der Waals surface area contributed by atoms with Crippen molar-refractivity contribution in [1.29, 1.82) is 0 Å². The summed E-state index contributed by atoms with van der Waals surface area (Å²) < 4.78 is 8.24. The number of nitrogens with zero attached hydrogens (tertiary/aromatic N) is 2. The highest BCUT2D eigenvalue weighted by molar-refractivity contribution is 5.78. The molecule has 1 aliphatic heterocycles. The molecule has 6 nitrogen and oxygen atoms in total. The van der Waals surface area contributed by atoms with E-state index in [2.05, 4.69) is 48.6 Å². The number of nitrogens with one attached hydrogen (secondary N) is 2. The molecule has 0 unspecified atom stereocenters. The van der Waals surface area contributed by atoms with Crippen molar-refractivity contribution in [2.75, 3.05) is 6.54 Å². The summed E-state index contributed by atoms with van der Waals surface area (Å²) in [6.45, 7) is 13.1. The van der Waals surface area contributed by atoms with E-state index >= 15 is 0 Å². The highest BCUT2D eigenvalue weighted by Gasteiger charge is 2.28. The predicted octanol–water partition coefficient (Wildman–Crippen LogP) is 4.10. The molecule has 0 aromatic carbocycles. The molecule has 6 heteroatoms. The maximum atomic E-state index is 11.6. The molecule has 3 heterocycles. The fourth-order valence-corrected chi connectivity index (χ4v) is 3.39. The van der Waals surface area contributed by atoms with Gasteiger partial charge in [-0.05, 0) is 59.2 Å². The Balaban J connectivity index is 0.00000320. The molecule has 2 aromatic heterocycles. The zero-order chi connectivity index (χ0) is 21.2. The van der Waals surface area contributed by atoms with Gasteiger partial charge in [0.15, 0.2) is 0 Å². The van der Waals surface area contributed by atoms with E-state index in [1.165, 1.54) is 0 Å². The lowest BCUT2D eigenvalue weighted by atomic mass is 10.0. The van der Waals surface area contributed by atoms with E-state index in [0.29, 0.717) is 13.0 Å². The van der Waals surface area contributed by atoms with Crippen molar-refractivity contribution in [3.8, 4) is 5.75 Å². The Bertz CT molecular complexity index is 956. The first-order chi connectivity index (χ1) is 13.7. The SMILES string of the molecule is C/C=C\C(=C/NC(C)(C)C)c1cc(O[C@H](C)[C@H]2CNC(=O)C2)c2cc(C)nn2c1.[HH]. The maximum Gasteiger partial charge on any atom is 0.220 e. The Kier molecular flexibility index (Phi) is 6.01. The minimum Gasteiger partial charge on any atom is -0.488 e. The van der Waals surface area contributed by atoms with E-state index in [0.717, 1.165) is 28.1 Å². The molecule has 0 radical (unpaired) electrons. The maximum absolute atomic E-state index is 11.6. The van der Waals surface area contributed by atoms with Gasteiger partial charge in [-0.2, -0.15) is 5.10 Å². The van der Waals surface area contributed by atoms with Crippen LogP contribution in [0.5, 0.6) is 5.75 Å². The monoisotopic (exact) mass is 398 g/mol. The fraction of sp³-hybridized carbons (Fsp3) is 0.478. The van der Waals surface area contributed by atoms with Gasteiger partial charge in [0, 0.05) is 43.8 Å². The minimum absolute atomic E-state index is 0. The smallest absolute Gasteiger partial charge is 0.220 e. The zero-order valence-electron chi connectivity index (χ0n) is 18.2. The number of ether oxygens (including phenoxy) is 1. The Labute approximate surface area is 174 Å². The Morgan fingerprint density at radius 3 is 2.83 bits per heavy atom. The number of pyridine rings is 1. The molecule has 0 aliphatic carbocycles. The van der Waals surface area contributed by atoms with Gasteiger partial charge in [-0.25, -0.2) is 4.52 Å². The largest absolute Gasteiger partial charge is 0.488 e. The number of allylic oxidation sites excluding steroid dienone is 3. The van der Waals surface area contributed by atoms with Crippen LogP contribution in [-0.2, 0) is 4.79 Å². The molecule has 2 atom stereocenters. The van der Waals surface area contributed by atoms with Crippen molar-refractivity contribution in [1.82, 2.24) is 20.2 Å². The van der Waals surface area contributed by atoms with Gasteiger partial charge in [-0.15, -0.1) is 0 Å². The second-order valence-corrected chi connectivity index (χ2v) is 8.79.